The SMILES string of the molecule is CN(Cc1nc(-c2cccc(Cl)c2)no1)S(=O)(=O)c1ccc2c(c1)sc(=O)n2C. The highest BCUT2D eigenvalue weighted by atomic mass is 35.5. The minimum atomic E-state index is -3.81. The number of benzene rings is 2. The first-order valence-corrected chi connectivity index (χ1v) is 11.0. The first-order valence-electron chi connectivity index (χ1n) is 8.40. The molecule has 0 aliphatic rings. The van der Waals surface area contributed by atoms with Gasteiger partial charge in [-0.1, -0.05) is 40.2 Å². The molecule has 0 saturated carbocycles. The van der Waals surface area contributed by atoms with Gasteiger partial charge in [-0.05, 0) is 30.3 Å². The van der Waals surface area contributed by atoms with Gasteiger partial charge in [-0.3, -0.25) is 4.79 Å². The van der Waals surface area contributed by atoms with E-state index in [2.05, 4.69) is 10.1 Å². The third-order valence-corrected chi connectivity index (χ3v) is 7.41. The molecule has 0 aliphatic heterocycles. The van der Waals surface area contributed by atoms with Crippen LogP contribution in [-0.4, -0.2) is 34.5 Å². The van der Waals surface area contributed by atoms with E-state index in [1.807, 2.05) is 0 Å². The summed E-state index contributed by atoms with van der Waals surface area (Å²) in [4.78, 5) is 16.0. The molecule has 0 spiro atoms. The summed E-state index contributed by atoms with van der Waals surface area (Å²) in [5.74, 6) is 0.472. The molecule has 8 nitrogen and oxygen atoms in total. The lowest BCUT2D eigenvalue weighted by Crippen LogP contribution is -2.26. The van der Waals surface area contributed by atoms with Crippen LogP contribution in [0.2, 0.25) is 5.02 Å². The largest absolute Gasteiger partial charge is 0.338 e. The molecule has 11 heteroatoms. The van der Waals surface area contributed by atoms with Crippen LogP contribution in [0.3, 0.4) is 0 Å². The number of nitrogens with zero attached hydrogens (tertiary/aromatic N) is 4. The lowest BCUT2D eigenvalue weighted by molar-refractivity contribution is 0.337. The molecule has 2 aromatic heterocycles. The van der Waals surface area contributed by atoms with E-state index < -0.39 is 10.0 Å². The van der Waals surface area contributed by atoms with Crippen LogP contribution in [0.15, 0.2) is 56.7 Å². The summed E-state index contributed by atoms with van der Waals surface area (Å²) in [5.41, 5.74) is 1.35. The molecular formula is C18H15ClN4O4S2. The van der Waals surface area contributed by atoms with E-state index in [4.69, 9.17) is 16.1 Å². The van der Waals surface area contributed by atoms with Crippen molar-refractivity contribution in [2.45, 2.75) is 11.4 Å². The zero-order chi connectivity index (χ0) is 20.8. The molecule has 150 valence electrons. The van der Waals surface area contributed by atoms with Gasteiger partial charge in [0.15, 0.2) is 0 Å². The highest BCUT2D eigenvalue weighted by Crippen LogP contribution is 2.24. The van der Waals surface area contributed by atoms with Crippen molar-refractivity contribution in [2.24, 2.45) is 7.05 Å². The van der Waals surface area contributed by atoms with Crippen LogP contribution >= 0.6 is 22.9 Å². The molecule has 2 heterocycles. The summed E-state index contributed by atoms with van der Waals surface area (Å²) in [6, 6.07) is 11.6. The molecule has 0 saturated heterocycles. The predicted octanol–water partition coefficient (Wildman–Crippen LogP) is 3.12. The number of hydrogen-bond acceptors (Lipinski definition) is 7. The number of aromatic nitrogens is 3. The lowest BCUT2D eigenvalue weighted by atomic mass is 10.2. The van der Waals surface area contributed by atoms with Gasteiger partial charge in [0.05, 0.1) is 21.7 Å². The fourth-order valence-electron chi connectivity index (χ4n) is 2.79. The summed E-state index contributed by atoms with van der Waals surface area (Å²) in [6.07, 6.45) is 0. The molecule has 0 N–H and O–H groups in total. The van der Waals surface area contributed by atoms with Crippen LogP contribution in [0.1, 0.15) is 5.89 Å². The van der Waals surface area contributed by atoms with E-state index in [9.17, 15) is 13.2 Å². The quantitative estimate of drug-likeness (QED) is 0.463. The summed E-state index contributed by atoms with van der Waals surface area (Å²) in [5, 5.41) is 4.42. The molecule has 0 unspecified atom stereocenters. The standard InChI is InChI=1S/C18H15ClN4O4S2/c1-22(10-16-20-17(21-27-16)11-4-3-5-12(19)8-11)29(25,26)13-6-7-14-15(9-13)28-18(24)23(14)2/h3-9H,10H2,1-2H3. The van der Waals surface area contributed by atoms with Crippen LogP contribution in [0.4, 0.5) is 0 Å². The van der Waals surface area contributed by atoms with E-state index in [-0.39, 0.29) is 22.2 Å². The molecule has 0 radical (unpaired) electrons. The van der Waals surface area contributed by atoms with Crippen molar-refractivity contribution >= 4 is 43.2 Å². The van der Waals surface area contributed by atoms with Crippen molar-refractivity contribution in [3.63, 3.8) is 0 Å². The van der Waals surface area contributed by atoms with E-state index in [1.54, 1.807) is 37.4 Å². The Morgan fingerprint density at radius 3 is 2.79 bits per heavy atom. The van der Waals surface area contributed by atoms with E-state index >= 15 is 0 Å². The number of aryl methyl sites for hydroxylation is 1. The third kappa shape index (κ3) is 3.71. The average molecular weight is 451 g/mol. The molecule has 4 aromatic rings. The van der Waals surface area contributed by atoms with Crippen LogP contribution in [0.25, 0.3) is 21.6 Å². The number of fused-ring (bicyclic) bond motifs is 1. The maximum atomic E-state index is 12.9. The van der Waals surface area contributed by atoms with Gasteiger partial charge in [-0.25, -0.2) is 8.42 Å². The Labute approximate surface area is 175 Å². The summed E-state index contributed by atoms with van der Waals surface area (Å²) in [7, 11) is -0.740. The second-order valence-electron chi connectivity index (χ2n) is 6.34. The molecular weight excluding hydrogens is 436 g/mol. The Hall–Kier alpha value is -2.53. The van der Waals surface area contributed by atoms with Gasteiger partial charge in [0.1, 0.15) is 0 Å². The van der Waals surface area contributed by atoms with Gasteiger partial charge in [-0.2, -0.15) is 9.29 Å². The van der Waals surface area contributed by atoms with Crippen molar-refractivity contribution in [3.05, 3.63) is 63.0 Å². The Kier molecular flexibility index (Phi) is 5.03. The fraction of sp³-hybridized carbons (Fsp3) is 0.167. The first-order chi connectivity index (χ1) is 13.8. The van der Waals surface area contributed by atoms with Crippen LogP contribution in [0.5, 0.6) is 0 Å². The highest BCUT2D eigenvalue weighted by Gasteiger charge is 2.24. The Morgan fingerprint density at radius 2 is 2.03 bits per heavy atom. The topological polar surface area (TPSA) is 98.3 Å². The number of halogens is 1. The first kappa shape index (κ1) is 19.8. The summed E-state index contributed by atoms with van der Waals surface area (Å²) < 4.78 is 34.3. The minimum absolute atomic E-state index is 0.0870. The second-order valence-corrected chi connectivity index (χ2v) is 9.81. The molecule has 0 fully saturated rings. The maximum Gasteiger partial charge on any atom is 0.307 e. The van der Waals surface area contributed by atoms with E-state index in [1.165, 1.54) is 23.7 Å². The van der Waals surface area contributed by atoms with Gasteiger partial charge >= 0.3 is 4.87 Å². The molecule has 0 atom stereocenters. The Balaban J connectivity index is 1.59. The number of thiazole rings is 1. The summed E-state index contributed by atoms with van der Waals surface area (Å²) >= 11 is 6.97. The molecule has 2 aromatic carbocycles. The van der Waals surface area contributed by atoms with Gasteiger partial charge in [0.2, 0.25) is 21.7 Å². The second kappa shape index (κ2) is 7.38. The zero-order valence-corrected chi connectivity index (χ0v) is 17.8. The average Bonchev–Trinajstić information content (AvgIpc) is 3.26. The monoisotopic (exact) mass is 450 g/mol. The van der Waals surface area contributed by atoms with Crippen LogP contribution in [-0.2, 0) is 23.6 Å². The molecule has 29 heavy (non-hydrogen) atoms. The minimum Gasteiger partial charge on any atom is -0.338 e. The van der Waals surface area contributed by atoms with Crippen molar-refractivity contribution in [1.29, 1.82) is 0 Å². The number of hydrogen-bond donors (Lipinski definition) is 0. The van der Waals surface area contributed by atoms with Gasteiger partial charge in [0.25, 0.3) is 0 Å². The smallest absolute Gasteiger partial charge is 0.307 e. The molecule has 0 aliphatic carbocycles. The predicted molar refractivity (Wildman–Crippen MR) is 110 cm³/mol. The number of rotatable bonds is 5. The Morgan fingerprint density at radius 1 is 1.24 bits per heavy atom. The van der Waals surface area contributed by atoms with E-state index in [0.29, 0.717) is 26.6 Å². The van der Waals surface area contributed by atoms with Gasteiger partial charge in [0, 0.05) is 24.7 Å². The van der Waals surface area contributed by atoms with Crippen LogP contribution < -0.4 is 4.87 Å². The number of sulfonamides is 1. The molecule has 0 amide bonds. The van der Waals surface area contributed by atoms with Crippen molar-refractivity contribution in [3.8, 4) is 11.4 Å². The maximum absolute atomic E-state index is 12.9. The molecule has 4 rings (SSSR count). The van der Waals surface area contributed by atoms with Gasteiger partial charge < -0.3 is 9.09 Å². The normalized spacial score (nSPS) is 12.1. The lowest BCUT2D eigenvalue weighted by Gasteiger charge is -2.15. The van der Waals surface area contributed by atoms with Crippen molar-refractivity contribution < 1.29 is 12.9 Å². The zero-order valence-electron chi connectivity index (χ0n) is 15.4. The van der Waals surface area contributed by atoms with Crippen LogP contribution in [0, 0.1) is 0 Å². The fourth-order valence-corrected chi connectivity index (χ4v) is 5.12. The van der Waals surface area contributed by atoms with Crippen molar-refractivity contribution in [2.75, 3.05) is 7.05 Å². The third-order valence-electron chi connectivity index (χ3n) is 4.38. The van der Waals surface area contributed by atoms with Gasteiger partial charge in [-0.15, -0.1) is 0 Å². The summed E-state index contributed by atoms with van der Waals surface area (Å²) in [6.45, 7) is -0.0983. The Bertz CT molecular complexity index is 1370. The van der Waals surface area contributed by atoms with Crippen molar-refractivity contribution in [1.82, 2.24) is 19.0 Å². The highest BCUT2D eigenvalue weighted by molar-refractivity contribution is 7.89. The molecule has 0 bridgehead atoms. The van der Waals surface area contributed by atoms with E-state index in [0.717, 1.165) is 15.6 Å².